The second-order valence-corrected chi connectivity index (χ2v) is 7.78. The van der Waals surface area contributed by atoms with Crippen molar-refractivity contribution < 1.29 is 14.0 Å². The number of nitrogens with one attached hydrogen (secondary N) is 2. The summed E-state index contributed by atoms with van der Waals surface area (Å²) < 4.78 is 12.9. The first kappa shape index (κ1) is 19.5. The summed E-state index contributed by atoms with van der Waals surface area (Å²) in [6, 6.07) is 10.1. The van der Waals surface area contributed by atoms with E-state index in [1.807, 2.05) is 17.5 Å². The summed E-state index contributed by atoms with van der Waals surface area (Å²) in [5.74, 6) is -0.267. The number of likely N-dealkylation sites (tertiary alicyclic amines) is 1. The highest BCUT2D eigenvalue weighted by Crippen LogP contribution is 2.17. The number of nitrogens with zero attached hydrogens (tertiary/aromatic N) is 1. The van der Waals surface area contributed by atoms with Crippen LogP contribution in [0, 0.1) is 11.7 Å². The zero-order valence-electron chi connectivity index (χ0n) is 15.1. The van der Waals surface area contributed by atoms with Crippen LogP contribution in [0.25, 0.3) is 0 Å². The summed E-state index contributed by atoms with van der Waals surface area (Å²) >= 11 is 1.63. The predicted octanol–water partition coefficient (Wildman–Crippen LogP) is 2.53. The maximum absolute atomic E-state index is 12.9. The Bertz CT molecular complexity index is 741. The van der Waals surface area contributed by atoms with E-state index in [0.29, 0.717) is 19.6 Å². The fraction of sp³-hybridized carbons (Fsp3) is 0.400. The van der Waals surface area contributed by atoms with Crippen LogP contribution in [-0.2, 0) is 22.7 Å². The van der Waals surface area contributed by atoms with Crippen molar-refractivity contribution in [3.63, 3.8) is 0 Å². The Morgan fingerprint density at radius 1 is 1.07 bits per heavy atom. The molecular weight excluding hydrogens is 365 g/mol. The Labute approximate surface area is 162 Å². The molecule has 144 valence electrons. The molecule has 1 fully saturated rings. The van der Waals surface area contributed by atoms with Crippen molar-refractivity contribution in [3.8, 4) is 0 Å². The van der Waals surface area contributed by atoms with Gasteiger partial charge >= 0.3 is 0 Å². The molecular formula is C20H24FN3O2S. The van der Waals surface area contributed by atoms with E-state index in [9.17, 15) is 14.0 Å². The lowest BCUT2D eigenvalue weighted by Crippen LogP contribution is -2.44. The van der Waals surface area contributed by atoms with Crippen molar-refractivity contribution in [2.75, 3.05) is 19.6 Å². The number of hydrogen-bond donors (Lipinski definition) is 2. The molecule has 5 nitrogen and oxygen atoms in total. The number of benzene rings is 1. The lowest BCUT2D eigenvalue weighted by atomic mass is 9.96. The van der Waals surface area contributed by atoms with Crippen LogP contribution in [0.15, 0.2) is 41.8 Å². The van der Waals surface area contributed by atoms with E-state index in [0.717, 1.165) is 36.4 Å². The SMILES string of the molecule is O=C(CN1CCC(C(=O)NCc2ccc(F)cc2)CC1)NCc1cccs1. The smallest absolute Gasteiger partial charge is 0.234 e. The Morgan fingerprint density at radius 3 is 2.48 bits per heavy atom. The Hall–Kier alpha value is -2.25. The van der Waals surface area contributed by atoms with E-state index in [1.54, 1.807) is 23.5 Å². The fourth-order valence-corrected chi connectivity index (χ4v) is 3.79. The molecule has 1 aliphatic heterocycles. The molecule has 2 aromatic rings. The number of carbonyl (C=O) groups excluding carboxylic acids is 2. The molecule has 1 aromatic heterocycles. The monoisotopic (exact) mass is 389 g/mol. The van der Waals surface area contributed by atoms with Crippen molar-refractivity contribution in [1.82, 2.24) is 15.5 Å². The molecule has 1 saturated heterocycles. The number of rotatable bonds is 7. The largest absolute Gasteiger partial charge is 0.352 e. The van der Waals surface area contributed by atoms with Gasteiger partial charge in [0.1, 0.15) is 5.82 Å². The van der Waals surface area contributed by atoms with Crippen LogP contribution in [0.1, 0.15) is 23.3 Å². The van der Waals surface area contributed by atoms with Crippen LogP contribution in [0.5, 0.6) is 0 Å². The maximum atomic E-state index is 12.9. The molecule has 0 radical (unpaired) electrons. The minimum absolute atomic E-state index is 0.0163. The van der Waals surface area contributed by atoms with Gasteiger partial charge in [-0.05, 0) is 55.1 Å². The summed E-state index contributed by atoms with van der Waals surface area (Å²) in [5, 5.41) is 7.85. The van der Waals surface area contributed by atoms with E-state index in [2.05, 4.69) is 15.5 Å². The number of amides is 2. The van der Waals surface area contributed by atoms with Gasteiger partial charge in [0.2, 0.25) is 11.8 Å². The highest BCUT2D eigenvalue weighted by molar-refractivity contribution is 7.09. The van der Waals surface area contributed by atoms with Crippen molar-refractivity contribution in [1.29, 1.82) is 0 Å². The quantitative estimate of drug-likeness (QED) is 0.765. The van der Waals surface area contributed by atoms with E-state index in [1.165, 1.54) is 12.1 Å². The number of halogens is 1. The molecule has 0 saturated carbocycles. The molecule has 1 aromatic carbocycles. The van der Waals surface area contributed by atoms with Crippen LogP contribution in [0.2, 0.25) is 0 Å². The molecule has 27 heavy (non-hydrogen) atoms. The molecule has 0 unspecified atom stereocenters. The molecule has 2 N–H and O–H groups in total. The molecule has 0 aliphatic carbocycles. The fourth-order valence-electron chi connectivity index (χ4n) is 3.15. The summed E-state index contributed by atoms with van der Waals surface area (Å²) in [5.41, 5.74) is 0.879. The highest BCUT2D eigenvalue weighted by Gasteiger charge is 2.25. The molecule has 2 amide bonds. The first-order chi connectivity index (χ1) is 13.1. The second kappa shape index (κ2) is 9.62. The van der Waals surface area contributed by atoms with Gasteiger partial charge < -0.3 is 10.6 Å². The zero-order chi connectivity index (χ0) is 19.1. The first-order valence-electron chi connectivity index (χ1n) is 9.14. The molecule has 1 aliphatic rings. The van der Waals surface area contributed by atoms with Gasteiger partial charge in [0.15, 0.2) is 0 Å². The van der Waals surface area contributed by atoms with Crippen LogP contribution < -0.4 is 10.6 Å². The van der Waals surface area contributed by atoms with Crippen LogP contribution in [0.4, 0.5) is 4.39 Å². The van der Waals surface area contributed by atoms with Crippen molar-refractivity contribution in [2.24, 2.45) is 5.92 Å². The van der Waals surface area contributed by atoms with Crippen molar-refractivity contribution >= 4 is 23.2 Å². The summed E-state index contributed by atoms with van der Waals surface area (Å²) in [6.07, 6.45) is 1.49. The summed E-state index contributed by atoms with van der Waals surface area (Å²) in [6.45, 7) is 2.82. The molecule has 7 heteroatoms. The summed E-state index contributed by atoms with van der Waals surface area (Å²) in [7, 11) is 0. The van der Waals surface area contributed by atoms with Crippen molar-refractivity contribution in [2.45, 2.75) is 25.9 Å². The molecule has 0 bridgehead atoms. The van der Waals surface area contributed by atoms with Gasteiger partial charge in [-0.3, -0.25) is 14.5 Å². The average molecular weight is 389 g/mol. The molecule has 2 heterocycles. The van der Waals surface area contributed by atoms with Crippen LogP contribution >= 0.6 is 11.3 Å². The van der Waals surface area contributed by atoms with Gasteiger partial charge in [-0.1, -0.05) is 18.2 Å². The van der Waals surface area contributed by atoms with Gasteiger partial charge in [0, 0.05) is 17.3 Å². The van der Waals surface area contributed by atoms with Gasteiger partial charge in [-0.25, -0.2) is 4.39 Å². The van der Waals surface area contributed by atoms with Crippen LogP contribution in [0.3, 0.4) is 0 Å². The van der Waals surface area contributed by atoms with Gasteiger partial charge in [-0.15, -0.1) is 11.3 Å². The standard InChI is InChI=1S/C20H24FN3O2S/c21-17-5-3-15(4-6-17)12-23-20(26)16-7-9-24(10-8-16)14-19(25)22-13-18-2-1-11-27-18/h1-6,11,16H,7-10,12-14H2,(H,22,25)(H,23,26). The molecule has 0 atom stereocenters. The minimum Gasteiger partial charge on any atom is -0.352 e. The third kappa shape index (κ3) is 6.15. The number of piperidine rings is 1. The van der Waals surface area contributed by atoms with E-state index in [-0.39, 0.29) is 23.5 Å². The van der Waals surface area contributed by atoms with E-state index < -0.39 is 0 Å². The van der Waals surface area contributed by atoms with E-state index in [4.69, 9.17) is 0 Å². The third-order valence-electron chi connectivity index (χ3n) is 4.75. The van der Waals surface area contributed by atoms with Gasteiger partial charge in [0.25, 0.3) is 0 Å². The summed E-state index contributed by atoms with van der Waals surface area (Å²) in [4.78, 5) is 27.6. The number of carbonyl (C=O) groups is 2. The predicted molar refractivity (Wildman–Crippen MR) is 104 cm³/mol. The first-order valence-corrected chi connectivity index (χ1v) is 10.0. The van der Waals surface area contributed by atoms with Crippen molar-refractivity contribution in [3.05, 3.63) is 58.0 Å². The Kier molecular flexibility index (Phi) is 6.95. The molecule has 0 spiro atoms. The Morgan fingerprint density at radius 2 is 1.81 bits per heavy atom. The third-order valence-corrected chi connectivity index (χ3v) is 5.62. The highest BCUT2D eigenvalue weighted by atomic mass is 32.1. The zero-order valence-corrected chi connectivity index (χ0v) is 15.9. The number of hydrogen-bond acceptors (Lipinski definition) is 4. The lowest BCUT2D eigenvalue weighted by molar-refractivity contribution is -0.127. The normalized spacial score (nSPS) is 15.4. The van der Waals surface area contributed by atoms with Gasteiger partial charge in [0.05, 0.1) is 13.1 Å². The Balaban J connectivity index is 1.34. The average Bonchev–Trinajstić information content (AvgIpc) is 3.20. The number of thiophene rings is 1. The molecule has 3 rings (SSSR count). The van der Waals surface area contributed by atoms with E-state index >= 15 is 0 Å². The van der Waals surface area contributed by atoms with Crippen LogP contribution in [-0.4, -0.2) is 36.3 Å². The minimum atomic E-state index is -0.281. The lowest BCUT2D eigenvalue weighted by Gasteiger charge is -2.30. The topological polar surface area (TPSA) is 61.4 Å². The maximum Gasteiger partial charge on any atom is 0.234 e. The second-order valence-electron chi connectivity index (χ2n) is 6.75. The van der Waals surface area contributed by atoms with Gasteiger partial charge in [-0.2, -0.15) is 0 Å².